The smallest absolute Gasteiger partial charge is 0.416 e. The summed E-state index contributed by atoms with van der Waals surface area (Å²) in [7, 11) is 0. The lowest BCUT2D eigenvalue weighted by Crippen LogP contribution is -2.26. The zero-order valence-electron chi connectivity index (χ0n) is 18.2. The van der Waals surface area contributed by atoms with Crippen molar-refractivity contribution in [2.45, 2.75) is 45.9 Å². The van der Waals surface area contributed by atoms with Gasteiger partial charge in [0, 0.05) is 22.4 Å². The van der Waals surface area contributed by atoms with Gasteiger partial charge < -0.3 is 9.84 Å². The predicted molar refractivity (Wildman–Crippen MR) is 119 cm³/mol. The fourth-order valence-corrected chi connectivity index (χ4v) is 4.25. The number of benzene rings is 2. The molecule has 0 spiro atoms. The minimum atomic E-state index is -4.40. The maximum Gasteiger partial charge on any atom is 0.416 e. The number of carboxylic acids is 1. The molecule has 0 fully saturated rings. The monoisotopic (exact) mass is 477 g/mol. The molecule has 0 aliphatic heterocycles. The summed E-state index contributed by atoms with van der Waals surface area (Å²) in [5.74, 6) is -0.804. The van der Waals surface area contributed by atoms with Gasteiger partial charge >= 0.3 is 12.1 Å². The van der Waals surface area contributed by atoms with E-state index in [4.69, 9.17) is 9.84 Å². The Kier molecular flexibility index (Phi) is 7.22. The van der Waals surface area contributed by atoms with Crippen LogP contribution in [-0.4, -0.2) is 27.9 Å². The molecule has 1 N–H and O–H groups in total. The van der Waals surface area contributed by atoms with Crippen molar-refractivity contribution in [2.75, 3.05) is 0 Å². The summed E-state index contributed by atoms with van der Waals surface area (Å²) in [6, 6.07) is 9.59. The van der Waals surface area contributed by atoms with Crippen LogP contribution in [0.3, 0.4) is 0 Å². The van der Waals surface area contributed by atoms with Crippen molar-refractivity contribution in [3.05, 3.63) is 69.7 Å². The number of carbonyl (C=O) groups excluding carboxylic acids is 1. The molecular formula is C24H22F3NO4S. The van der Waals surface area contributed by atoms with E-state index in [1.807, 2.05) is 0 Å². The molecule has 9 heteroatoms. The molecule has 0 amide bonds. The average Bonchev–Trinajstić information content (AvgIpc) is 3.12. The number of nitrogens with zero attached hydrogens (tertiary/aromatic N) is 1. The highest BCUT2D eigenvalue weighted by Gasteiger charge is 2.30. The molecule has 1 unspecified atom stereocenters. The number of hydrogen-bond acceptors (Lipinski definition) is 5. The van der Waals surface area contributed by atoms with Crippen LogP contribution in [0.5, 0.6) is 5.75 Å². The molecule has 3 aromatic rings. The number of aliphatic carboxylic acids is 1. The Morgan fingerprint density at radius 1 is 1.12 bits per heavy atom. The molecule has 174 valence electrons. The second-order valence-electron chi connectivity index (χ2n) is 7.54. The number of carbonyl (C=O) groups is 2. The molecule has 0 aliphatic carbocycles. The van der Waals surface area contributed by atoms with E-state index in [1.54, 1.807) is 39.0 Å². The molecule has 0 saturated heterocycles. The van der Waals surface area contributed by atoms with Crippen LogP contribution < -0.4 is 4.74 Å². The first-order valence-electron chi connectivity index (χ1n) is 10.2. The highest BCUT2D eigenvalue weighted by molar-refractivity contribution is 7.15. The second kappa shape index (κ2) is 9.74. The van der Waals surface area contributed by atoms with Crippen molar-refractivity contribution < 1.29 is 32.6 Å². The maximum atomic E-state index is 12.8. The van der Waals surface area contributed by atoms with E-state index >= 15 is 0 Å². The standard InChI is InChI=1S/C24H22F3NO4S/c1-4-19(23(30)31)32-20-10-7-16(11-13(20)2)18(29)12-21-14(3)28-22(33-21)15-5-8-17(9-6-15)24(25,26)27/h5-11,19H,4,12H2,1-3H3,(H,30,31). The van der Waals surface area contributed by atoms with Crippen molar-refractivity contribution in [1.82, 2.24) is 4.98 Å². The quantitative estimate of drug-likeness (QED) is 0.396. The third-order valence-electron chi connectivity index (χ3n) is 5.09. The number of rotatable bonds is 8. The number of ether oxygens (including phenoxy) is 1. The summed E-state index contributed by atoms with van der Waals surface area (Å²) in [6.07, 6.45) is -4.97. The Morgan fingerprint density at radius 2 is 1.79 bits per heavy atom. The third-order valence-corrected chi connectivity index (χ3v) is 6.29. The van der Waals surface area contributed by atoms with Crippen molar-refractivity contribution in [3.63, 3.8) is 0 Å². The number of thiazole rings is 1. The number of halogens is 3. The topological polar surface area (TPSA) is 76.5 Å². The summed E-state index contributed by atoms with van der Waals surface area (Å²) in [6.45, 7) is 5.20. The summed E-state index contributed by atoms with van der Waals surface area (Å²) in [5.41, 5.74) is 1.56. The van der Waals surface area contributed by atoms with Crippen LogP contribution in [0.25, 0.3) is 10.6 Å². The van der Waals surface area contributed by atoms with E-state index in [9.17, 15) is 22.8 Å². The van der Waals surface area contributed by atoms with Gasteiger partial charge in [0.05, 0.1) is 11.3 Å². The third kappa shape index (κ3) is 5.78. The minimum absolute atomic E-state index is 0.0937. The lowest BCUT2D eigenvalue weighted by Gasteiger charge is -2.15. The second-order valence-corrected chi connectivity index (χ2v) is 8.62. The Morgan fingerprint density at radius 3 is 2.33 bits per heavy atom. The van der Waals surface area contributed by atoms with Crippen molar-refractivity contribution in [2.24, 2.45) is 0 Å². The van der Waals surface area contributed by atoms with Crippen LogP contribution >= 0.6 is 11.3 Å². The molecular weight excluding hydrogens is 455 g/mol. The molecule has 0 saturated carbocycles. The first-order chi connectivity index (χ1) is 15.5. The zero-order valence-corrected chi connectivity index (χ0v) is 19.0. The number of carboxylic acid groups (broad SMARTS) is 1. The number of aryl methyl sites for hydroxylation is 2. The Balaban J connectivity index is 1.75. The number of aromatic nitrogens is 1. The maximum absolute atomic E-state index is 12.8. The van der Waals surface area contributed by atoms with Crippen molar-refractivity contribution in [1.29, 1.82) is 0 Å². The molecule has 2 aromatic carbocycles. The van der Waals surface area contributed by atoms with Gasteiger partial charge in [-0.05, 0) is 56.2 Å². The first kappa shape index (κ1) is 24.4. The summed E-state index contributed by atoms with van der Waals surface area (Å²) in [5, 5.41) is 9.70. The number of hydrogen-bond donors (Lipinski definition) is 1. The summed E-state index contributed by atoms with van der Waals surface area (Å²) < 4.78 is 43.9. The van der Waals surface area contributed by atoms with Crippen molar-refractivity contribution in [3.8, 4) is 16.3 Å². The van der Waals surface area contributed by atoms with Crippen LogP contribution in [0.4, 0.5) is 13.2 Å². The SMILES string of the molecule is CCC(Oc1ccc(C(=O)Cc2sc(-c3ccc(C(F)(F)F)cc3)nc2C)cc1C)C(=O)O. The zero-order chi connectivity index (χ0) is 24.3. The minimum Gasteiger partial charge on any atom is -0.479 e. The summed E-state index contributed by atoms with van der Waals surface area (Å²) >= 11 is 1.27. The van der Waals surface area contributed by atoms with Crippen LogP contribution in [0.1, 0.15) is 45.4 Å². The van der Waals surface area contributed by atoms with Crippen molar-refractivity contribution >= 4 is 23.1 Å². The van der Waals surface area contributed by atoms with Crippen LogP contribution in [-0.2, 0) is 17.4 Å². The van der Waals surface area contributed by atoms with Gasteiger partial charge in [-0.25, -0.2) is 9.78 Å². The first-order valence-corrected chi connectivity index (χ1v) is 11.0. The van der Waals surface area contributed by atoms with Crippen LogP contribution in [0.2, 0.25) is 0 Å². The largest absolute Gasteiger partial charge is 0.479 e. The van der Waals surface area contributed by atoms with E-state index in [-0.39, 0.29) is 12.2 Å². The highest BCUT2D eigenvalue weighted by Crippen LogP contribution is 2.33. The van der Waals surface area contributed by atoms with E-state index in [0.29, 0.717) is 39.6 Å². The van der Waals surface area contributed by atoms with Gasteiger partial charge in [-0.15, -0.1) is 11.3 Å². The number of Topliss-reactive ketones (excluding diaryl/α,β-unsaturated/α-hetero) is 1. The van der Waals surface area contributed by atoms with Crippen LogP contribution in [0.15, 0.2) is 42.5 Å². The lowest BCUT2D eigenvalue weighted by atomic mass is 10.0. The molecule has 3 rings (SSSR count). The Bertz CT molecular complexity index is 1170. The fraction of sp³-hybridized carbons (Fsp3) is 0.292. The van der Waals surface area contributed by atoms with E-state index in [0.717, 1.165) is 17.0 Å². The van der Waals surface area contributed by atoms with Gasteiger partial charge in [0.2, 0.25) is 0 Å². The van der Waals surface area contributed by atoms with Gasteiger partial charge in [-0.1, -0.05) is 19.1 Å². The van der Waals surface area contributed by atoms with Gasteiger partial charge in [-0.2, -0.15) is 13.2 Å². The molecule has 0 bridgehead atoms. The number of ketones is 1. The molecule has 33 heavy (non-hydrogen) atoms. The molecule has 0 radical (unpaired) electrons. The lowest BCUT2D eigenvalue weighted by molar-refractivity contribution is -0.145. The van der Waals surface area contributed by atoms with Crippen LogP contribution in [0, 0.1) is 13.8 Å². The van der Waals surface area contributed by atoms with E-state index in [1.165, 1.54) is 23.5 Å². The van der Waals surface area contributed by atoms with Gasteiger partial charge in [0.25, 0.3) is 0 Å². The Labute approximate surface area is 192 Å². The average molecular weight is 478 g/mol. The predicted octanol–water partition coefficient (Wildman–Crippen LogP) is 6.11. The van der Waals surface area contributed by atoms with E-state index in [2.05, 4.69) is 4.98 Å². The highest BCUT2D eigenvalue weighted by atomic mass is 32.1. The molecule has 1 aromatic heterocycles. The normalized spacial score (nSPS) is 12.4. The molecule has 1 atom stereocenters. The molecule has 1 heterocycles. The summed E-state index contributed by atoms with van der Waals surface area (Å²) in [4.78, 5) is 29.2. The Hall–Kier alpha value is -3.20. The van der Waals surface area contributed by atoms with Gasteiger partial charge in [0.15, 0.2) is 11.9 Å². The van der Waals surface area contributed by atoms with E-state index < -0.39 is 23.8 Å². The van der Waals surface area contributed by atoms with Gasteiger partial charge in [0.1, 0.15) is 10.8 Å². The molecule has 5 nitrogen and oxygen atoms in total. The molecule has 0 aliphatic rings. The van der Waals surface area contributed by atoms with Gasteiger partial charge in [-0.3, -0.25) is 4.79 Å². The fourth-order valence-electron chi connectivity index (χ4n) is 3.18. The number of alkyl halides is 3.